The first-order valence-corrected chi connectivity index (χ1v) is 10.6. The van der Waals surface area contributed by atoms with Crippen molar-refractivity contribution in [2.24, 2.45) is 7.05 Å². The zero-order valence-corrected chi connectivity index (χ0v) is 17.1. The molecule has 2 aromatic heterocycles. The van der Waals surface area contributed by atoms with Crippen LogP contribution in [0.5, 0.6) is 0 Å². The standard InChI is InChI=1S/C22H25N7O/c1-27-13-15-12-16(2-3-18(15)26-27)25-21(30)29-10-5-17-19(4-8-23-20(17)29)28-11-9-24-22(14-28)6-7-22/h2-4,8,12-13,24H,5-7,9-11,14H2,1H3,(H,25,30). The number of anilines is 3. The number of nitrogens with zero attached hydrogens (tertiary/aromatic N) is 5. The molecule has 3 aromatic rings. The van der Waals surface area contributed by atoms with E-state index in [0.29, 0.717) is 12.1 Å². The van der Waals surface area contributed by atoms with Gasteiger partial charge in [-0.05, 0) is 43.5 Å². The maximum atomic E-state index is 13.0. The number of amides is 2. The largest absolute Gasteiger partial charge is 0.368 e. The maximum absolute atomic E-state index is 13.0. The van der Waals surface area contributed by atoms with Crippen LogP contribution in [0.15, 0.2) is 36.7 Å². The molecular weight excluding hydrogens is 378 g/mol. The van der Waals surface area contributed by atoms with E-state index < -0.39 is 0 Å². The van der Waals surface area contributed by atoms with Crippen molar-refractivity contribution in [3.8, 4) is 0 Å². The first kappa shape index (κ1) is 17.7. The van der Waals surface area contributed by atoms with Gasteiger partial charge in [0.25, 0.3) is 0 Å². The van der Waals surface area contributed by atoms with Crippen LogP contribution in [0.4, 0.5) is 22.0 Å². The molecule has 3 aliphatic rings. The Balaban J connectivity index is 1.24. The van der Waals surface area contributed by atoms with E-state index in [1.54, 1.807) is 9.58 Å². The van der Waals surface area contributed by atoms with E-state index >= 15 is 0 Å². The van der Waals surface area contributed by atoms with Gasteiger partial charge in [0.05, 0.1) is 5.52 Å². The Labute approximate surface area is 174 Å². The van der Waals surface area contributed by atoms with Crippen LogP contribution < -0.4 is 20.4 Å². The van der Waals surface area contributed by atoms with E-state index in [1.165, 1.54) is 24.1 Å². The van der Waals surface area contributed by atoms with Crippen molar-refractivity contribution in [3.63, 3.8) is 0 Å². The molecule has 0 radical (unpaired) electrons. The molecule has 0 bridgehead atoms. The molecule has 2 amide bonds. The number of fused-ring (bicyclic) bond motifs is 2. The van der Waals surface area contributed by atoms with Crippen molar-refractivity contribution in [1.29, 1.82) is 0 Å². The molecule has 0 unspecified atom stereocenters. The maximum Gasteiger partial charge on any atom is 0.327 e. The van der Waals surface area contributed by atoms with E-state index in [1.807, 2.05) is 37.6 Å². The van der Waals surface area contributed by atoms with Crippen molar-refractivity contribution >= 4 is 34.1 Å². The van der Waals surface area contributed by atoms with Crippen LogP contribution in [0, 0.1) is 0 Å². The Bertz CT molecular complexity index is 1150. The number of aromatic nitrogens is 3. The lowest BCUT2D eigenvalue weighted by Gasteiger charge is -2.36. The van der Waals surface area contributed by atoms with Gasteiger partial charge in [-0.15, -0.1) is 0 Å². The molecule has 2 N–H and O–H groups in total. The molecule has 8 nitrogen and oxygen atoms in total. The van der Waals surface area contributed by atoms with Gasteiger partial charge < -0.3 is 15.5 Å². The molecule has 1 aromatic carbocycles. The summed E-state index contributed by atoms with van der Waals surface area (Å²) in [4.78, 5) is 21.9. The van der Waals surface area contributed by atoms with Crippen LogP contribution in [-0.2, 0) is 13.5 Å². The lowest BCUT2D eigenvalue weighted by molar-refractivity contribution is 0.257. The number of urea groups is 1. The highest BCUT2D eigenvalue weighted by atomic mass is 16.2. The fourth-order valence-electron chi connectivity index (χ4n) is 4.83. The zero-order valence-electron chi connectivity index (χ0n) is 17.1. The summed E-state index contributed by atoms with van der Waals surface area (Å²) in [5.41, 5.74) is 4.42. The molecule has 1 aliphatic carbocycles. The minimum absolute atomic E-state index is 0.138. The summed E-state index contributed by atoms with van der Waals surface area (Å²) in [7, 11) is 1.89. The number of hydrogen-bond donors (Lipinski definition) is 2. The SMILES string of the molecule is Cn1cc2cc(NC(=O)N3CCc4c(N5CCNC6(CC6)C5)ccnc43)ccc2n1. The Morgan fingerprint density at radius 3 is 3.00 bits per heavy atom. The van der Waals surface area contributed by atoms with Crippen molar-refractivity contribution in [2.45, 2.75) is 24.8 Å². The number of hydrogen-bond acceptors (Lipinski definition) is 5. The quantitative estimate of drug-likeness (QED) is 0.687. The summed E-state index contributed by atoms with van der Waals surface area (Å²) in [6.07, 6.45) is 7.14. The van der Waals surface area contributed by atoms with E-state index in [2.05, 4.69) is 31.7 Å². The highest BCUT2D eigenvalue weighted by Crippen LogP contribution is 2.41. The van der Waals surface area contributed by atoms with Gasteiger partial charge in [-0.25, -0.2) is 9.78 Å². The van der Waals surface area contributed by atoms with Crippen LogP contribution in [0.25, 0.3) is 10.9 Å². The molecule has 2 fully saturated rings. The molecular formula is C22H25N7O. The number of carbonyl (C=O) groups is 1. The predicted octanol–water partition coefficient (Wildman–Crippen LogP) is 2.51. The van der Waals surface area contributed by atoms with Crippen LogP contribution in [0.2, 0.25) is 0 Å². The lowest BCUT2D eigenvalue weighted by Crippen LogP contribution is -2.52. The van der Waals surface area contributed by atoms with Crippen molar-refractivity contribution in [1.82, 2.24) is 20.1 Å². The molecule has 8 heteroatoms. The van der Waals surface area contributed by atoms with Crippen LogP contribution in [0.3, 0.4) is 0 Å². The molecule has 0 atom stereocenters. The Hall–Kier alpha value is -3.13. The number of aryl methyl sites for hydroxylation is 1. The number of carbonyl (C=O) groups excluding carboxylic acids is 1. The van der Waals surface area contributed by atoms with Gasteiger partial charge in [0, 0.05) is 73.5 Å². The second-order valence-corrected chi connectivity index (χ2v) is 8.67. The molecule has 1 saturated carbocycles. The van der Waals surface area contributed by atoms with Crippen molar-refractivity contribution in [3.05, 3.63) is 42.2 Å². The third kappa shape index (κ3) is 2.90. The summed E-state index contributed by atoms with van der Waals surface area (Å²) >= 11 is 0. The topological polar surface area (TPSA) is 78.3 Å². The normalized spacial score (nSPS) is 19.4. The fourth-order valence-corrected chi connectivity index (χ4v) is 4.83. The van der Waals surface area contributed by atoms with Gasteiger partial charge in [0.2, 0.25) is 0 Å². The van der Waals surface area contributed by atoms with Gasteiger partial charge in [0.15, 0.2) is 0 Å². The Kier molecular flexibility index (Phi) is 3.80. The molecule has 154 valence electrons. The molecule has 1 spiro atoms. The molecule has 30 heavy (non-hydrogen) atoms. The highest BCUT2D eigenvalue weighted by molar-refractivity contribution is 6.03. The second kappa shape index (κ2) is 6.43. The zero-order chi connectivity index (χ0) is 20.3. The minimum atomic E-state index is -0.138. The second-order valence-electron chi connectivity index (χ2n) is 8.67. The average Bonchev–Trinajstić information content (AvgIpc) is 3.17. The van der Waals surface area contributed by atoms with Crippen molar-refractivity contribution in [2.75, 3.05) is 41.3 Å². The number of benzene rings is 1. The van der Waals surface area contributed by atoms with Crippen LogP contribution in [0.1, 0.15) is 18.4 Å². The molecule has 1 saturated heterocycles. The Morgan fingerprint density at radius 2 is 2.13 bits per heavy atom. The third-order valence-electron chi connectivity index (χ3n) is 6.53. The Morgan fingerprint density at radius 1 is 1.23 bits per heavy atom. The number of pyridine rings is 1. The monoisotopic (exact) mass is 403 g/mol. The van der Waals surface area contributed by atoms with E-state index in [4.69, 9.17) is 0 Å². The summed E-state index contributed by atoms with van der Waals surface area (Å²) in [5, 5.41) is 12.1. The summed E-state index contributed by atoms with van der Waals surface area (Å²) in [6.45, 7) is 3.70. The van der Waals surface area contributed by atoms with E-state index in [-0.39, 0.29) is 6.03 Å². The summed E-state index contributed by atoms with van der Waals surface area (Å²) < 4.78 is 1.78. The van der Waals surface area contributed by atoms with Crippen LogP contribution >= 0.6 is 0 Å². The third-order valence-corrected chi connectivity index (χ3v) is 6.53. The first-order chi connectivity index (χ1) is 14.6. The van der Waals surface area contributed by atoms with Gasteiger partial charge in [-0.3, -0.25) is 9.58 Å². The number of rotatable bonds is 2. The lowest BCUT2D eigenvalue weighted by atomic mass is 10.1. The first-order valence-electron chi connectivity index (χ1n) is 10.6. The predicted molar refractivity (Wildman–Crippen MR) is 117 cm³/mol. The summed E-state index contributed by atoms with van der Waals surface area (Å²) in [6, 6.07) is 7.75. The average molecular weight is 403 g/mol. The van der Waals surface area contributed by atoms with Gasteiger partial charge in [0.1, 0.15) is 5.82 Å². The van der Waals surface area contributed by atoms with Crippen LogP contribution in [-0.4, -0.2) is 52.5 Å². The smallest absolute Gasteiger partial charge is 0.327 e. The highest BCUT2D eigenvalue weighted by Gasteiger charge is 2.46. The molecule has 2 aliphatic heterocycles. The van der Waals surface area contributed by atoms with E-state index in [9.17, 15) is 4.79 Å². The van der Waals surface area contributed by atoms with Gasteiger partial charge in [-0.2, -0.15) is 5.10 Å². The number of piperazine rings is 1. The van der Waals surface area contributed by atoms with Gasteiger partial charge in [-0.1, -0.05) is 0 Å². The molecule has 4 heterocycles. The molecule has 6 rings (SSSR count). The fraction of sp³-hybridized carbons (Fsp3) is 0.409. The summed E-state index contributed by atoms with van der Waals surface area (Å²) in [5.74, 6) is 0.788. The minimum Gasteiger partial charge on any atom is -0.368 e. The van der Waals surface area contributed by atoms with Crippen molar-refractivity contribution < 1.29 is 4.79 Å². The van der Waals surface area contributed by atoms with Gasteiger partial charge >= 0.3 is 6.03 Å². The van der Waals surface area contributed by atoms with E-state index in [0.717, 1.165) is 48.5 Å². The number of nitrogens with one attached hydrogen (secondary N) is 2.